The fraction of sp³-hybridized carbons (Fsp3) is 0.294. The molecule has 0 fully saturated rings. The fourth-order valence-corrected chi connectivity index (χ4v) is 7.26. The number of esters is 1. The Morgan fingerprint density at radius 3 is 2.18 bits per heavy atom. The number of ether oxygens (including phenoxy) is 2. The number of benzene rings is 3. The average Bonchev–Trinajstić information content (AvgIpc) is 3.47. The molecule has 1 aliphatic rings. The molecule has 61 heavy (non-hydrogen) atoms. The summed E-state index contributed by atoms with van der Waals surface area (Å²) >= 11 is 19.6. The third kappa shape index (κ3) is 16.4. The number of fused-ring (bicyclic) bond motifs is 1. The van der Waals surface area contributed by atoms with Gasteiger partial charge in [0.15, 0.2) is 6.10 Å². The zero-order valence-corrected chi connectivity index (χ0v) is 35.7. The fourth-order valence-electron chi connectivity index (χ4n) is 4.57. The van der Waals surface area contributed by atoms with Crippen molar-refractivity contribution in [1.29, 1.82) is 0 Å². The van der Waals surface area contributed by atoms with Gasteiger partial charge in [-0.15, -0.1) is 11.8 Å². The van der Waals surface area contributed by atoms with Gasteiger partial charge in [0.25, 0.3) is 0 Å². The highest BCUT2D eigenvalue weighted by Gasteiger charge is 2.31. The molecule has 0 saturated carbocycles. The van der Waals surface area contributed by atoms with Crippen molar-refractivity contribution in [2.75, 3.05) is 18.6 Å². The molecule has 17 nitrogen and oxygen atoms in total. The van der Waals surface area contributed by atoms with E-state index in [0.29, 0.717) is 28.9 Å². The van der Waals surface area contributed by atoms with Gasteiger partial charge in [0.1, 0.15) is 23.0 Å². The van der Waals surface area contributed by atoms with Gasteiger partial charge in [0.2, 0.25) is 4.80 Å². The van der Waals surface area contributed by atoms with E-state index in [1.165, 1.54) is 18.2 Å². The summed E-state index contributed by atoms with van der Waals surface area (Å²) in [5, 5.41) is 27.4. The van der Waals surface area contributed by atoms with Gasteiger partial charge in [-0.1, -0.05) is 34.8 Å². The smallest absolute Gasteiger partial charge is 0.416 e. The van der Waals surface area contributed by atoms with Gasteiger partial charge in [0.05, 0.1) is 44.8 Å². The summed E-state index contributed by atoms with van der Waals surface area (Å²) in [6, 6.07) is 8.86. The van der Waals surface area contributed by atoms with Gasteiger partial charge in [-0.3, -0.25) is 28.9 Å². The molecule has 5 rings (SSSR count). The standard InChI is InChI=1S/C17H11Cl2F3O5.C14H13ClFN3O3S2.C3H8NO5P/c1-8(15(23)24)26-16(25)11-7-10(3-4-12(11)18)27-14-5-2-9(6-13(14)19)17(20,21)22;15-8-5-9(16)10(6-11(8)23-7-12(20)21)17-13-18-3-1-2-4-19(18)14(22)24-13;5-3(6)1-4-2-10(7,8)9/h2-8H,1H3,(H,23,24);5-6H,1-4,7H2,(H,20,21);4H,1-2H2,(H,5,6)(H2,7,8,9)/t8-;;/m0../s1. The number of rotatable bonds is 13. The lowest BCUT2D eigenvalue weighted by Crippen LogP contribution is -2.31. The van der Waals surface area contributed by atoms with E-state index in [2.05, 4.69) is 10.3 Å². The molecule has 3 aromatic carbocycles. The van der Waals surface area contributed by atoms with Crippen LogP contribution in [-0.4, -0.2) is 83.0 Å². The van der Waals surface area contributed by atoms with Gasteiger partial charge in [0, 0.05) is 18.0 Å². The van der Waals surface area contributed by atoms with Crippen LogP contribution in [-0.2, 0) is 43.0 Å². The molecule has 1 aromatic heterocycles. The number of aliphatic carboxylic acids is 3. The van der Waals surface area contributed by atoms with E-state index in [-0.39, 0.29) is 48.4 Å². The number of carboxylic acid groups (broad SMARTS) is 3. The average molecular weight is 982 g/mol. The van der Waals surface area contributed by atoms with E-state index in [1.807, 2.05) is 0 Å². The zero-order chi connectivity index (χ0) is 45.8. The van der Waals surface area contributed by atoms with E-state index < -0.39 is 68.0 Å². The van der Waals surface area contributed by atoms with Gasteiger partial charge in [-0.05, 0) is 79.6 Å². The first-order valence-electron chi connectivity index (χ1n) is 16.8. The van der Waals surface area contributed by atoms with Gasteiger partial charge >= 0.3 is 42.5 Å². The van der Waals surface area contributed by atoms with Crippen LogP contribution < -0.4 is 19.7 Å². The van der Waals surface area contributed by atoms with Gasteiger partial charge in [-0.2, -0.15) is 13.2 Å². The Bertz CT molecular complexity index is 2450. The molecule has 4 aromatic rings. The van der Waals surface area contributed by atoms with E-state index in [9.17, 15) is 46.1 Å². The monoisotopic (exact) mass is 980 g/mol. The summed E-state index contributed by atoms with van der Waals surface area (Å²) in [5.41, 5.74) is -1.08. The lowest BCUT2D eigenvalue weighted by molar-refractivity contribution is -0.146. The van der Waals surface area contributed by atoms with E-state index in [4.69, 9.17) is 69.4 Å². The Kier molecular flexibility index (Phi) is 18.8. The molecule has 0 saturated heterocycles. The number of carbonyl (C=O) groups is 4. The lowest BCUT2D eigenvalue weighted by atomic mass is 10.2. The van der Waals surface area contributed by atoms with Crippen LogP contribution in [0.2, 0.25) is 15.1 Å². The number of hydrogen-bond donors (Lipinski definition) is 6. The third-order valence-electron chi connectivity index (χ3n) is 7.33. The maximum absolute atomic E-state index is 14.2. The predicted octanol–water partition coefficient (Wildman–Crippen LogP) is 6.94. The van der Waals surface area contributed by atoms with Crippen LogP contribution in [0.25, 0.3) is 0 Å². The highest BCUT2D eigenvalue weighted by molar-refractivity contribution is 8.00. The molecule has 27 heteroatoms. The largest absolute Gasteiger partial charge is 0.481 e. The second-order valence-corrected chi connectivity index (χ2v) is 16.9. The summed E-state index contributed by atoms with van der Waals surface area (Å²) in [6.07, 6.45) is -4.69. The minimum Gasteiger partial charge on any atom is -0.481 e. The Morgan fingerprint density at radius 2 is 1.61 bits per heavy atom. The van der Waals surface area contributed by atoms with E-state index in [1.54, 1.807) is 9.36 Å². The summed E-state index contributed by atoms with van der Waals surface area (Å²) in [7, 11) is -4.10. The Hall–Kier alpha value is -4.45. The van der Waals surface area contributed by atoms with Crippen LogP contribution >= 0.6 is 65.5 Å². The van der Waals surface area contributed by atoms with Crippen molar-refractivity contribution in [2.45, 2.75) is 50.0 Å². The molecule has 2 heterocycles. The number of hydrogen-bond acceptors (Lipinski definition) is 12. The number of alkyl halides is 3. The molecule has 1 atom stereocenters. The van der Waals surface area contributed by atoms with Crippen molar-refractivity contribution in [3.8, 4) is 11.5 Å². The highest BCUT2D eigenvalue weighted by atomic mass is 35.5. The van der Waals surface area contributed by atoms with E-state index >= 15 is 0 Å². The summed E-state index contributed by atoms with van der Waals surface area (Å²) in [5.74, 6) is -5.32. The Morgan fingerprint density at radius 1 is 0.951 bits per heavy atom. The second-order valence-electron chi connectivity index (χ2n) is 12.0. The molecule has 0 spiro atoms. The normalized spacial score (nSPS) is 13.1. The number of thioether (sulfide) groups is 1. The molecular weight excluding hydrogens is 950 g/mol. The molecule has 0 amide bonds. The van der Waals surface area contributed by atoms with Gasteiger partial charge < -0.3 is 34.6 Å². The lowest BCUT2D eigenvalue weighted by Gasteiger charge is -2.15. The van der Waals surface area contributed by atoms with Crippen molar-refractivity contribution >= 4 is 95.1 Å². The van der Waals surface area contributed by atoms with Crippen molar-refractivity contribution in [3.63, 3.8) is 0 Å². The van der Waals surface area contributed by atoms with Crippen molar-refractivity contribution in [1.82, 2.24) is 14.7 Å². The van der Waals surface area contributed by atoms with Crippen molar-refractivity contribution < 1.29 is 75.9 Å². The van der Waals surface area contributed by atoms with E-state index in [0.717, 1.165) is 67.1 Å². The summed E-state index contributed by atoms with van der Waals surface area (Å²) in [6.45, 7) is 2.02. The minimum atomic E-state index is -4.56. The number of nitrogens with zero attached hydrogens (tertiary/aromatic N) is 3. The van der Waals surface area contributed by atoms with Crippen LogP contribution in [0.4, 0.5) is 23.2 Å². The number of halogens is 7. The van der Waals surface area contributed by atoms with Crippen LogP contribution in [0.5, 0.6) is 11.5 Å². The highest BCUT2D eigenvalue weighted by Crippen LogP contribution is 2.37. The molecule has 0 aliphatic carbocycles. The zero-order valence-electron chi connectivity index (χ0n) is 30.9. The SMILES string of the molecule is C[C@H](OC(=O)c1cc(Oc2ccc(C(F)(F)F)cc2Cl)ccc1Cl)C(=O)O.O=C(O)CNCP(=O)(O)O.O=C(O)CSc1cc(N=c2sc(=O)n3n2CCCC3)c(F)cc1Cl. The number of aromatic nitrogens is 2. The Labute approximate surface area is 364 Å². The number of nitrogens with one attached hydrogen (secondary N) is 1. The maximum Gasteiger partial charge on any atom is 0.416 e. The molecule has 6 N–H and O–H groups in total. The molecule has 0 unspecified atom stereocenters. The first-order chi connectivity index (χ1) is 28.4. The Balaban J connectivity index is 0.000000268. The predicted molar refractivity (Wildman–Crippen MR) is 214 cm³/mol. The van der Waals surface area contributed by atoms with Crippen LogP contribution in [0.1, 0.15) is 35.7 Å². The molecule has 0 bridgehead atoms. The maximum atomic E-state index is 14.2. The quantitative estimate of drug-likeness (QED) is 0.0343. The molecule has 332 valence electrons. The van der Waals surface area contributed by atoms with Crippen LogP contribution in [0.3, 0.4) is 0 Å². The molecule has 0 radical (unpaired) electrons. The number of carboxylic acids is 3. The first-order valence-corrected chi connectivity index (χ1v) is 21.5. The third-order valence-corrected chi connectivity index (χ3v) is 10.9. The van der Waals surface area contributed by atoms with Crippen LogP contribution in [0, 0.1) is 5.82 Å². The molecule has 1 aliphatic heterocycles. The van der Waals surface area contributed by atoms with Crippen molar-refractivity contribution in [2.24, 2.45) is 4.99 Å². The van der Waals surface area contributed by atoms with Gasteiger partial charge in [-0.25, -0.2) is 23.7 Å². The number of carbonyl (C=O) groups excluding carboxylic acids is 1. The minimum absolute atomic E-state index is 0.0246. The van der Waals surface area contributed by atoms with Crippen molar-refractivity contribution in [3.05, 3.63) is 95.0 Å². The second kappa shape index (κ2) is 22.6. The molecular formula is C34H32Cl3F4N4O13PS2. The summed E-state index contributed by atoms with van der Waals surface area (Å²) < 4.78 is 75.7. The topological polar surface area (TPSA) is 256 Å². The van der Waals surface area contributed by atoms with Crippen LogP contribution in [0.15, 0.2) is 63.2 Å². The first kappa shape index (κ1) is 50.9. The summed E-state index contributed by atoms with van der Waals surface area (Å²) in [4.78, 5) is 76.6.